The van der Waals surface area contributed by atoms with Gasteiger partial charge in [-0.3, -0.25) is 10.3 Å². The largest absolute Gasteiger partial charge is 0.465 e. The number of nitrogens with zero attached hydrogens (tertiary/aromatic N) is 1. The first kappa shape index (κ1) is 10.5. The second-order valence-electron chi connectivity index (χ2n) is 4.11. The number of carboxylic acid groups (broad SMARTS) is 1. The molecule has 0 saturated heterocycles. The molecule has 0 spiro atoms. The smallest absolute Gasteiger partial charge is 0.409 e. The minimum Gasteiger partial charge on any atom is -0.465 e. The van der Waals surface area contributed by atoms with Gasteiger partial charge in [0.15, 0.2) is 0 Å². The molecule has 4 nitrogen and oxygen atoms in total. The topological polar surface area (TPSA) is 62.2 Å². The second kappa shape index (κ2) is 3.65. The predicted molar refractivity (Wildman–Crippen MR) is 54.6 cm³/mol. The van der Waals surface area contributed by atoms with E-state index in [1.54, 1.807) is 6.07 Å². The van der Waals surface area contributed by atoms with E-state index in [-0.39, 0.29) is 5.41 Å². The van der Waals surface area contributed by atoms with E-state index in [0.717, 1.165) is 5.69 Å². The molecule has 0 bridgehead atoms. The van der Waals surface area contributed by atoms with Gasteiger partial charge in [0.1, 0.15) is 0 Å². The molecular formula is C10H14N2O2. The molecule has 0 aliphatic heterocycles. The molecule has 0 aromatic carbocycles. The lowest BCUT2D eigenvalue weighted by atomic mass is 9.92. The highest BCUT2D eigenvalue weighted by Crippen LogP contribution is 2.20. The van der Waals surface area contributed by atoms with Crippen LogP contribution in [0.25, 0.3) is 0 Å². The summed E-state index contributed by atoms with van der Waals surface area (Å²) in [5, 5.41) is 10.7. The van der Waals surface area contributed by atoms with Crippen molar-refractivity contribution in [2.24, 2.45) is 0 Å². The fourth-order valence-electron chi connectivity index (χ4n) is 1.03. The second-order valence-corrected chi connectivity index (χ2v) is 4.11. The van der Waals surface area contributed by atoms with Crippen LogP contribution in [0, 0.1) is 0 Å². The van der Waals surface area contributed by atoms with Crippen LogP contribution in [0.5, 0.6) is 0 Å². The van der Waals surface area contributed by atoms with Crippen LogP contribution in [0.2, 0.25) is 0 Å². The third-order valence-electron chi connectivity index (χ3n) is 1.78. The van der Waals surface area contributed by atoms with Crippen LogP contribution in [-0.2, 0) is 5.41 Å². The van der Waals surface area contributed by atoms with Crippen LogP contribution in [0.15, 0.2) is 18.3 Å². The number of rotatable bonds is 1. The Morgan fingerprint density at radius 2 is 2.07 bits per heavy atom. The summed E-state index contributed by atoms with van der Waals surface area (Å²) in [5.74, 6) is 0. The lowest BCUT2D eigenvalue weighted by Gasteiger charge is -2.17. The number of nitrogens with one attached hydrogen (secondary N) is 1. The predicted octanol–water partition coefficient (Wildman–Crippen LogP) is 2.47. The fourth-order valence-corrected chi connectivity index (χ4v) is 1.03. The van der Waals surface area contributed by atoms with Crippen LogP contribution in [0.4, 0.5) is 10.5 Å². The summed E-state index contributed by atoms with van der Waals surface area (Å²) in [7, 11) is 0. The average Bonchev–Trinajstić information content (AvgIpc) is 2.02. The summed E-state index contributed by atoms with van der Waals surface area (Å²) in [6, 6.07) is 3.53. The van der Waals surface area contributed by atoms with Crippen molar-refractivity contribution in [1.82, 2.24) is 4.98 Å². The molecule has 1 heterocycles. The Kier molecular flexibility index (Phi) is 2.74. The van der Waals surface area contributed by atoms with E-state index < -0.39 is 6.09 Å². The quantitative estimate of drug-likeness (QED) is 0.721. The van der Waals surface area contributed by atoms with Crippen LogP contribution < -0.4 is 5.32 Å². The van der Waals surface area contributed by atoms with Crippen molar-refractivity contribution in [3.63, 3.8) is 0 Å². The van der Waals surface area contributed by atoms with Gasteiger partial charge >= 0.3 is 6.09 Å². The standard InChI is InChI=1S/C10H14N2O2/c1-10(2,3)8-5-4-7(6-11-8)12-9(13)14/h4-6,12H,1-3H3,(H,13,14). The number of hydrogen-bond acceptors (Lipinski definition) is 2. The van der Waals surface area contributed by atoms with Gasteiger partial charge < -0.3 is 5.11 Å². The molecule has 0 saturated carbocycles. The van der Waals surface area contributed by atoms with E-state index in [9.17, 15) is 4.79 Å². The minimum absolute atomic E-state index is 0.0121. The molecule has 14 heavy (non-hydrogen) atoms. The van der Waals surface area contributed by atoms with Gasteiger partial charge in [-0.1, -0.05) is 20.8 Å². The normalized spacial score (nSPS) is 11.1. The third kappa shape index (κ3) is 2.73. The molecule has 0 fully saturated rings. The molecule has 0 aliphatic rings. The van der Waals surface area contributed by atoms with Crippen molar-refractivity contribution in [3.05, 3.63) is 24.0 Å². The Labute approximate surface area is 83.0 Å². The van der Waals surface area contributed by atoms with Gasteiger partial charge in [-0.2, -0.15) is 0 Å². The molecule has 0 aliphatic carbocycles. The molecule has 2 N–H and O–H groups in total. The molecule has 0 unspecified atom stereocenters. The Balaban J connectivity index is 2.84. The SMILES string of the molecule is CC(C)(C)c1ccc(NC(=O)O)cn1. The highest BCUT2D eigenvalue weighted by Gasteiger charge is 2.14. The van der Waals surface area contributed by atoms with Crippen molar-refractivity contribution < 1.29 is 9.90 Å². The number of pyridine rings is 1. The molecule has 4 heteroatoms. The zero-order valence-corrected chi connectivity index (χ0v) is 8.53. The Hall–Kier alpha value is -1.58. The van der Waals surface area contributed by atoms with E-state index in [1.165, 1.54) is 6.20 Å². The summed E-state index contributed by atoms with van der Waals surface area (Å²) in [6.07, 6.45) is 0.449. The van der Waals surface area contributed by atoms with Crippen LogP contribution in [0.1, 0.15) is 26.5 Å². The maximum Gasteiger partial charge on any atom is 0.409 e. The molecule has 1 amide bonds. The van der Waals surface area contributed by atoms with Crippen molar-refractivity contribution in [3.8, 4) is 0 Å². The monoisotopic (exact) mass is 194 g/mol. The zero-order chi connectivity index (χ0) is 10.8. The van der Waals surface area contributed by atoms with E-state index in [0.29, 0.717) is 5.69 Å². The molecule has 0 radical (unpaired) electrons. The lowest BCUT2D eigenvalue weighted by molar-refractivity contribution is 0.209. The van der Waals surface area contributed by atoms with E-state index in [1.807, 2.05) is 6.07 Å². The highest BCUT2D eigenvalue weighted by atomic mass is 16.4. The maximum absolute atomic E-state index is 10.3. The Bertz CT molecular complexity index is 325. The number of carbonyl (C=O) groups is 1. The highest BCUT2D eigenvalue weighted by molar-refractivity contribution is 5.82. The fraction of sp³-hybridized carbons (Fsp3) is 0.400. The van der Waals surface area contributed by atoms with Crippen LogP contribution >= 0.6 is 0 Å². The lowest BCUT2D eigenvalue weighted by Crippen LogP contribution is -2.14. The van der Waals surface area contributed by atoms with Gasteiger partial charge in [0.2, 0.25) is 0 Å². The van der Waals surface area contributed by atoms with Gasteiger partial charge in [-0.25, -0.2) is 4.79 Å². The summed E-state index contributed by atoms with van der Waals surface area (Å²) in [6.45, 7) is 6.17. The molecule has 1 aromatic heterocycles. The summed E-state index contributed by atoms with van der Waals surface area (Å²) < 4.78 is 0. The van der Waals surface area contributed by atoms with Gasteiger partial charge in [-0.15, -0.1) is 0 Å². The van der Waals surface area contributed by atoms with Gasteiger partial charge in [0.05, 0.1) is 11.9 Å². The molecule has 1 rings (SSSR count). The van der Waals surface area contributed by atoms with Gasteiger partial charge in [-0.05, 0) is 12.1 Å². The molecule has 76 valence electrons. The van der Waals surface area contributed by atoms with E-state index >= 15 is 0 Å². The van der Waals surface area contributed by atoms with Crippen molar-refractivity contribution in [2.45, 2.75) is 26.2 Å². The first-order valence-corrected chi connectivity index (χ1v) is 4.36. The number of aromatic nitrogens is 1. The summed E-state index contributed by atoms with van der Waals surface area (Å²) in [4.78, 5) is 14.5. The van der Waals surface area contributed by atoms with Crippen LogP contribution in [-0.4, -0.2) is 16.2 Å². The van der Waals surface area contributed by atoms with Crippen LogP contribution in [0.3, 0.4) is 0 Å². The van der Waals surface area contributed by atoms with E-state index in [4.69, 9.17) is 5.11 Å². The first-order chi connectivity index (χ1) is 6.39. The Morgan fingerprint density at radius 3 is 2.43 bits per heavy atom. The van der Waals surface area contributed by atoms with Crippen molar-refractivity contribution >= 4 is 11.8 Å². The first-order valence-electron chi connectivity index (χ1n) is 4.36. The minimum atomic E-state index is -1.07. The third-order valence-corrected chi connectivity index (χ3v) is 1.78. The number of amides is 1. The number of hydrogen-bond donors (Lipinski definition) is 2. The molecule has 0 atom stereocenters. The zero-order valence-electron chi connectivity index (χ0n) is 8.53. The van der Waals surface area contributed by atoms with Crippen molar-refractivity contribution in [2.75, 3.05) is 5.32 Å². The Morgan fingerprint density at radius 1 is 1.43 bits per heavy atom. The maximum atomic E-state index is 10.3. The van der Waals surface area contributed by atoms with Crippen molar-refractivity contribution in [1.29, 1.82) is 0 Å². The summed E-state index contributed by atoms with van der Waals surface area (Å²) in [5.41, 5.74) is 1.42. The molecular weight excluding hydrogens is 180 g/mol. The van der Waals surface area contributed by atoms with Gasteiger partial charge in [0.25, 0.3) is 0 Å². The average molecular weight is 194 g/mol. The van der Waals surface area contributed by atoms with Gasteiger partial charge in [0, 0.05) is 11.1 Å². The summed E-state index contributed by atoms with van der Waals surface area (Å²) >= 11 is 0. The molecule has 1 aromatic rings. The van der Waals surface area contributed by atoms with E-state index in [2.05, 4.69) is 31.1 Å². The number of anilines is 1.